The molecule has 170 valence electrons. The minimum absolute atomic E-state index is 0.101. The van der Waals surface area contributed by atoms with Crippen molar-refractivity contribution in [3.05, 3.63) is 93.5 Å². The first kappa shape index (κ1) is 20.9. The molecular weight excluding hydrogens is 452 g/mol. The number of carbonyl (C=O) groups excluding carboxylic acids is 2. The smallest absolute Gasteiger partial charge is 0.254 e. The molecule has 0 saturated carbocycles. The lowest BCUT2D eigenvalue weighted by Gasteiger charge is -2.45. The quantitative estimate of drug-likeness (QED) is 0.442. The van der Waals surface area contributed by atoms with Gasteiger partial charge in [-0.15, -0.1) is 0 Å². The van der Waals surface area contributed by atoms with Crippen LogP contribution < -0.4 is 4.74 Å². The van der Waals surface area contributed by atoms with Crippen molar-refractivity contribution >= 4 is 29.6 Å². The molecule has 1 N–H and O–H groups in total. The van der Waals surface area contributed by atoms with Crippen molar-refractivity contribution in [2.45, 2.75) is 18.8 Å². The molecule has 1 saturated heterocycles. The lowest BCUT2D eigenvalue weighted by atomic mass is 9.55. The van der Waals surface area contributed by atoms with E-state index >= 15 is 0 Å². The van der Waals surface area contributed by atoms with E-state index in [0.717, 1.165) is 27.3 Å². The highest BCUT2D eigenvalue weighted by Crippen LogP contribution is 2.60. The Morgan fingerprint density at radius 3 is 1.91 bits per heavy atom. The van der Waals surface area contributed by atoms with Crippen LogP contribution in [0.4, 0.5) is 0 Å². The van der Waals surface area contributed by atoms with Crippen LogP contribution in [0.5, 0.6) is 11.5 Å². The van der Waals surface area contributed by atoms with Crippen molar-refractivity contribution in [3.8, 4) is 11.5 Å². The second kappa shape index (κ2) is 7.71. The summed E-state index contributed by atoms with van der Waals surface area (Å²) < 4.78 is 5.41. The van der Waals surface area contributed by atoms with E-state index in [4.69, 9.17) is 16.3 Å². The van der Waals surface area contributed by atoms with Gasteiger partial charge in [-0.25, -0.2) is 0 Å². The maximum Gasteiger partial charge on any atom is 0.254 e. The van der Waals surface area contributed by atoms with Gasteiger partial charge in [0.05, 0.1) is 29.7 Å². The summed E-state index contributed by atoms with van der Waals surface area (Å²) in [4.78, 5) is 27.1. The summed E-state index contributed by atoms with van der Waals surface area (Å²) in [5.74, 6) is -1.84. The van der Waals surface area contributed by atoms with Crippen LogP contribution in [0.1, 0.15) is 46.6 Å². The molecular formula is C27H21ClN2O4. The van der Waals surface area contributed by atoms with Gasteiger partial charge in [0, 0.05) is 11.8 Å². The van der Waals surface area contributed by atoms with Crippen LogP contribution in [0, 0.1) is 11.8 Å². The van der Waals surface area contributed by atoms with Gasteiger partial charge in [-0.2, -0.15) is 10.1 Å². The van der Waals surface area contributed by atoms with E-state index in [1.807, 2.05) is 24.3 Å². The number of hydrazone groups is 1. The zero-order valence-electron chi connectivity index (χ0n) is 18.3. The van der Waals surface area contributed by atoms with Crippen LogP contribution in [-0.4, -0.2) is 34.8 Å². The highest BCUT2D eigenvalue weighted by molar-refractivity contribution is 6.32. The van der Waals surface area contributed by atoms with Gasteiger partial charge in [0.1, 0.15) is 0 Å². The molecule has 1 fully saturated rings. The SMILES string of the molecule is CCOc1cc(/C=N\N2C(=O)[C@@H]3C4c5ccccc5C(c5ccccc54)[C@@H]3C2=O)cc(Cl)c1O. The van der Waals surface area contributed by atoms with Gasteiger partial charge in [0.2, 0.25) is 0 Å². The summed E-state index contributed by atoms with van der Waals surface area (Å²) in [6.07, 6.45) is 1.41. The van der Waals surface area contributed by atoms with E-state index in [1.54, 1.807) is 13.0 Å². The molecule has 1 aliphatic heterocycles. The topological polar surface area (TPSA) is 79.2 Å². The lowest BCUT2D eigenvalue weighted by molar-refractivity contribution is -0.139. The Morgan fingerprint density at radius 1 is 0.941 bits per heavy atom. The monoisotopic (exact) mass is 472 g/mol. The number of nitrogens with zero attached hydrogens (tertiary/aromatic N) is 2. The molecule has 7 rings (SSSR count). The zero-order chi connectivity index (χ0) is 23.6. The van der Waals surface area contributed by atoms with Crippen LogP contribution in [-0.2, 0) is 9.59 Å². The van der Waals surface area contributed by atoms with E-state index in [1.165, 1.54) is 12.3 Å². The first-order chi connectivity index (χ1) is 16.5. The van der Waals surface area contributed by atoms with E-state index in [-0.39, 0.29) is 40.2 Å². The van der Waals surface area contributed by atoms with Gasteiger partial charge in [-0.3, -0.25) is 9.59 Å². The number of imide groups is 1. The Morgan fingerprint density at radius 2 is 1.44 bits per heavy atom. The van der Waals surface area contributed by atoms with Crippen molar-refractivity contribution in [1.29, 1.82) is 0 Å². The number of aromatic hydroxyl groups is 1. The molecule has 6 nitrogen and oxygen atoms in total. The van der Waals surface area contributed by atoms with Gasteiger partial charge in [0.15, 0.2) is 11.5 Å². The largest absolute Gasteiger partial charge is 0.503 e. The zero-order valence-corrected chi connectivity index (χ0v) is 19.1. The highest BCUT2D eigenvalue weighted by atomic mass is 35.5. The Labute approximate surface area is 201 Å². The molecule has 2 bridgehead atoms. The fraction of sp³-hybridized carbons (Fsp3) is 0.222. The fourth-order valence-electron chi connectivity index (χ4n) is 5.83. The third-order valence-electron chi connectivity index (χ3n) is 7.10. The molecule has 0 aromatic heterocycles. The first-order valence-electron chi connectivity index (χ1n) is 11.3. The summed E-state index contributed by atoms with van der Waals surface area (Å²) in [5.41, 5.74) is 4.98. The standard InChI is InChI=1S/C27H21ClN2O4/c1-2-34-20-12-14(11-19(28)25(20)31)13-29-30-26(32)23-21-15-7-3-4-8-16(15)22(24(23)27(30)33)18-10-6-5-9-17(18)21/h3-13,21-24,31H,2H2,1H3/b29-13-/t21?,22?,23-,24+. The van der Waals surface area contributed by atoms with Crippen LogP contribution in [0.15, 0.2) is 65.8 Å². The van der Waals surface area contributed by atoms with Gasteiger partial charge < -0.3 is 9.84 Å². The Bertz CT molecular complexity index is 1270. The molecule has 3 aliphatic carbocycles. The summed E-state index contributed by atoms with van der Waals surface area (Å²) in [6, 6.07) is 19.3. The molecule has 34 heavy (non-hydrogen) atoms. The maximum absolute atomic E-state index is 13.6. The number of rotatable bonds is 4. The molecule has 7 heteroatoms. The van der Waals surface area contributed by atoms with Crippen molar-refractivity contribution < 1.29 is 19.4 Å². The van der Waals surface area contributed by atoms with Crippen LogP contribution in [0.2, 0.25) is 5.02 Å². The number of halogens is 1. The molecule has 2 amide bonds. The molecule has 0 radical (unpaired) electrons. The van der Waals surface area contributed by atoms with Gasteiger partial charge in [-0.05, 0) is 46.9 Å². The third-order valence-corrected chi connectivity index (χ3v) is 7.39. The molecule has 4 aliphatic rings. The average molecular weight is 473 g/mol. The van der Waals surface area contributed by atoms with Gasteiger partial charge >= 0.3 is 0 Å². The van der Waals surface area contributed by atoms with Crippen molar-refractivity contribution in [1.82, 2.24) is 5.01 Å². The number of phenolic OH excluding ortho intramolecular Hbond substituents is 1. The molecule has 2 atom stereocenters. The minimum Gasteiger partial charge on any atom is -0.503 e. The van der Waals surface area contributed by atoms with Crippen LogP contribution >= 0.6 is 11.6 Å². The fourth-order valence-corrected chi connectivity index (χ4v) is 6.05. The Kier molecular flexibility index (Phi) is 4.74. The molecule has 3 aromatic carbocycles. The maximum atomic E-state index is 13.6. The highest BCUT2D eigenvalue weighted by Gasteiger charge is 2.61. The minimum atomic E-state index is -0.484. The summed E-state index contributed by atoms with van der Waals surface area (Å²) in [7, 11) is 0. The number of amides is 2. The molecule has 1 heterocycles. The van der Waals surface area contributed by atoms with Crippen molar-refractivity contribution in [3.63, 3.8) is 0 Å². The predicted molar refractivity (Wildman–Crippen MR) is 127 cm³/mol. The van der Waals surface area contributed by atoms with Crippen molar-refractivity contribution in [2.75, 3.05) is 6.61 Å². The number of carbonyl (C=O) groups is 2. The summed E-state index contributed by atoms with van der Waals surface area (Å²) in [6.45, 7) is 2.14. The second-order valence-electron chi connectivity index (χ2n) is 8.78. The third kappa shape index (κ3) is 2.85. The Hall–Kier alpha value is -3.64. The molecule has 0 spiro atoms. The van der Waals surface area contributed by atoms with Crippen molar-refractivity contribution in [2.24, 2.45) is 16.9 Å². The van der Waals surface area contributed by atoms with E-state index < -0.39 is 11.8 Å². The van der Waals surface area contributed by atoms with Gasteiger partial charge in [0.25, 0.3) is 11.8 Å². The first-order valence-corrected chi connectivity index (χ1v) is 11.6. The predicted octanol–water partition coefficient (Wildman–Crippen LogP) is 4.67. The summed E-state index contributed by atoms with van der Waals surface area (Å²) >= 11 is 6.12. The average Bonchev–Trinajstić information content (AvgIpc) is 3.11. The van der Waals surface area contributed by atoms with Gasteiger partial charge in [-0.1, -0.05) is 60.1 Å². The number of ether oxygens (including phenoxy) is 1. The number of hydrogen-bond acceptors (Lipinski definition) is 5. The number of phenols is 1. The Balaban J connectivity index is 1.40. The molecule has 0 unspecified atom stereocenters. The van der Waals surface area contributed by atoms with E-state index in [9.17, 15) is 14.7 Å². The van der Waals surface area contributed by atoms with Crippen LogP contribution in [0.25, 0.3) is 0 Å². The summed E-state index contributed by atoms with van der Waals surface area (Å²) in [5, 5.41) is 15.5. The van der Waals surface area contributed by atoms with E-state index in [2.05, 4.69) is 29.4 Å². The second-order valence-corrected chi connectivity index (χ2v) is 9.19. The molecule has 3 aromatic rings. The lowest BCUT2D eigenvalue weighted by Crippen LogP contribution is -2.41. The normalized spacial score (nSPS) is 24.4. The number of benzene rings is 3. The number of hydrogen-bond donors (Lipinski definition) is 1. The van der Waals surface area contributed by atoms with Crippen LogP contribution in [0.3, 0.4) is 0 Å². The van der Waals surface area contributed by atoms with E-state index in [0.29, 0.717) is 12.2 Å².